The summed E-state index contributed by atoms with van der Waals surface area (Å²) in [5.74, 6) is 1.09. The van der Waals surface area contributed by atoms with Crippen LogP contribution in [0.2, 0.25) is 0 Å². The van der Waals surface area contributed by atoms with Gasteiger partial charge in [0.2, 0.25) is 0 Å². The standard InChI is InChI=1S/C9H15N3O/c1-12-9(2-5-10-12)11-8-3-6-13-7-4-8/h2,5,8,11H,3-4,6-7H2,1H3. The van der Waals surface area contributed by atoms with Crippen LogP contribution in [0.4, 0.5) is 5.82 Å². The van der Waals surface area contributed by atoms with Crippen LogP contribution in [-0.2, 0) is 11.8 Å². The molecule has 0 amide bonds. The SMILES string of the molecule is Cn1nccc1NC1CCOCC1. The number of hydrogen-bond donors (Lipinski definition) is 1. The Balaban J connectivity index is 1.93. The second kappa shape index (κ2) is 3.79. The molecule has 0 atom stereocenters. The van der Waals surface area contributed by atoms with Gasteiger partial charge < -0.3 is 10.1 Å². The summed E-state index contributed by atoms with van der Waals surface area (Å²) in [5.41, 5.74) is 0. The topological polar surface area (TPSA) is 39.1 Å². The third-order valence-corrected chi connectivity index (χ3v) is 2.39. The number of aryl methyl sites for hydroxylation is 1. The van der Waals surface area contributed by atoms with Crippen LogP contribution in [-0.4, -0.2) is 29.0 Å². The average molecular weight is 181 g/mol. The Morgan fingerprint density at radius 3 is 2.92 bits per heavy atom. The van der Waals surface area contributed by atoms with E-state index in [-0.39, 0.29) is 0 Å². The summed E-state index contributed by atoms with van der Waals surface area (Å²) in [6.45, 7) is 1.74. The fourth-order valence-corrected chi connectivity index (χ4v) is 1.57. The molecule has 13 heavy (non-hydrogen) atoms. The van der Waals surface area contributed by atoms with Gasteiger partial charge in [-0.25, -0.2) is 0 Å². The molecule has 2 heterocycles. The highest BCUT2D eigenvalue weighted by Crippen LogP contribution is 2.13. The van der Waals surface area contributed by atoms with Crippen molar-refractivity contribution in [3.63, 3.8) is 0 Å². The first-order chi connectivity index (χ1) is 6.36. The van der Waals surface area contributed by atoms with Crippen molar-refractivity contribution in [1.29, 1.82) is 0 Å². The summed E-state index contributed by atoms with van der Waals surface area (Å²) >= 11 is 0. The molecule has 4 nitrogen and oxygen atoms in total. The lowest BCUT2D eigenvalue weighted by Crippen LogP contribution is -2.28. The summed E-state index contributed by atoms with van der Waals surface area (Å²) in [5, 5.41) is 7.55. The zero-order valence-electron chi connectivity index (χ0n) is 7.86. The van der Waals surface area contributed by atoms with E-state index in [0.717, 1.165) is 31.9 Å². The molecule has 1 aromatic heterocycles. The lowest BCUT2D eigenvalue weighted by atomic mass is 10.1. The van der Waals surface area contributed by atoms with Crippen LogP contribution in [0.3, 0.4) is 0 Å². The molecule has 0 saturated carbocycles. The normalized spacial score (nSPS) is 18.8. The average Bonchev–Trinajstić information content (AvgIpc) is 2.54. The van der Waals surface area contributed by atoms with E-state index >= 15 is 0 Å². The van der Waals surface area contributed by atoms with Crippen molar-refractivity contribution in [2.24, 2.45) is 7.05 Å². The molecular formula is C9H15N3O. The summed E-state index contributed by atoms with van der Waals surface area (Å²) in [6, 6.07) is 2.54. The van der Waals surface area contributed by atoms with Crippen molar-refractivity contribution in [1.82, 2.24) is 9.78 Å². The van der Waals surface area contributed by atoms with Crippen LogP contribution in [0.5, 0.6) is 0 Å². The Hall–Kier alpha value is -1.03. The molecule has 1 aliphatic rings. The van der Waals surface area contributed by atoms with Crippen molar-refractivity contribution in [2.75, 3.05) is 18.5 Å². The van der Waals surface area contributed by atoms with Crippen molar-refractivity contribution in [3.05, 3.63) is 12.3 Å². The Kier molecular flexibility index (Phi) is 2.49. The third-order valence-electron chi connectivity index (χ3n) is 2.39. The smallest absolute Gasteiger partial charge is 0.124 e. The fraction of sp³-hybridized carbons (Fsp3) is 0.667. The lowest BCUT2D eigenvalue weighted by Gasteiger charge is -2.23. The van der Waals surface area contributed by atoms with E-state index in [4.69, 9.17) is 4.74 Å². The largest absolute Gasteiger partial charge is 0.381 e. The van der Waals surface area contributed by atoms with E-state index in [1.165, 1.54) is 0 Å². The Bertz CT molecular complexity index is 266. The second-order valence-corrected chi connectivity index (χ2v) is 3.37. The fourth-order valence-electron chi connectivity index (χ4n) is 1.57. The van der Waals surface area contributed by atoms with Crippen LogP contribution in [0, 0.1) is 0 Å². The van der Waals surface area contributed by atoms with Crippen LogP contribution >= 0.6 is 0 Å². The Morgan fingerprint density at radius 2 is 2.31 bits per heavy atom. The van der Waals surface area contributed by atoms with Gasteiger partial charge in [0.05, 0.1) is 6.20 Å². The maximum absolute atomic E-state index is 5.29. The molecule has 72 valence electrons. The number of nitrogens with one attached hydrogen (secondary N) is 1. The van der Waals surface area contributed by atoms with Crippen LogP contribution < -0.4 is 5.32 Å². The lowest BCUT2D eigenvalue weighted by molar-refractivity contribution is 0.0903. The minimum atomic E-state index is 0.546. The van der Waals surface area contributed by atoms with Crippen molar-refractivity contribution in [2.45, 2.75) is 18.9 Å². The molecule has 2 rings (SSSR count). The van der Waals surface area contributed by atoms with E-state index < -0.39 is 0 Å². The summed E-state index contributed by atoms with van der Waals surface area (Å²) in [6.07, 6.45) is 3.98. The molecule has 0 bridgehead atoms. The van der Waals surface area contributed by atoms with Gasteiger partial charge in [-0.1, -0.05) is 0 Å². The predicted molar refractivity (Wildman–Crippen MR) is 50.7 cm³/mol. The molecule has 1 N–H and O–H groups in total. The van der Waals surface area contributed by atoms with Crippen LogP contribution in [0.15, 0.2) is 12.3 Å². The molecule has 1 saturated heterocycles. The number of ether oxygens (including phenoxy) is 1. The zero-order chi connectivity index (χ0) is 9.10. The summed E-state index contributed by atoms with van der Waals surface area (Å²) < 4.78 is 7.14. The summed E-state index contributed by atoms with van der Waals surface area (Å²) in [4.78, 5) is 0. The molecular weight excluding hydrogens is 166 g/mol. The van der Waals surface area contributed by atoms with Gasteiger partial charge in [0.15, 0.2) is 0 Å². The minimum absolute atomic E-state index is 0.546. The van der Waals surface area contributed by atoms with E-state index in [0.29, 0.717) is 6.04 Å². The van der Waals surface area contributed by atoms with Gasteiger partial charge >= 0.3 is 0 Å². The molecule has 0 radical (unpaired) electrons. The number of nitrogens with zero attached hydrogens (tertiary/aromatic N) is 2. The first-order valence-corrected chi connectivity index (χ1v) is 4.68. The molecule has 0 spiro atoms. The van der Waals surface area contributed by atoms with Crippen molar-refractivity contribution in [3.8, 4) is 0 Å². The number of aromatic nitrogens is 2. The highest BCUT2D eigenvalue weighted by Gasteiger charge is 2.13. The first kappa shape index (κ1) is 8.56. The van der Waals surface area contributed by atoms with E-state index in [1.807, 2.05) is 24.0 Å². The Labute approximate surface area is 77.9 Å². The van der Waals surface area contributed by atoms with Crippen molar-refractivity contribution >= 4 is 5.82 Å². The maximum atomic E-state index is 5.29. The van der Waals surface area contributed by atoms with E-state index in [1.54, 1.807) is 0 Å². The van der Waals surface area contributed by atoms with E-state index in [9.17, 15) is 0 Å². The molecule has 0 unspecified atom stereocenters. The van der Waals surface area contributed by atoms with Crippen molar-refractivity contribution < 1.29 is 4.74 Å². The van der Waals surface area contributed by atoms with Gasteiger partial charge in [-0.05, 0) is 12.8 Å². The van der Waals surface area contributed by atoms with Gasteiger partial charge in [0.1, 0.15) is 5.82 Å². The van der Waals surface area contributed by atoms with Gasteiger partial charge in [0.25, 0.3) is 0 Å². The van der Waals surface area contributed by atoms with Crippen LogP contribution in [0.25, 0.3) is 0 Å². The van der Waals surface area contributed by atoms with Gasteiger partial charge in [-0.15, -0.1) is 0 Å². The third kappa shape index (κ3) is 2.01. The van der Waals surface area contributed by atoms with Crippen LogP contribution in [0.1, 0.15) is 12.8 Å². The van der Waals surface area contributed by atoms with Gasteiger partial charge in [-0.3, -0.25) is 4.68 Å². The highest BCUT2D eigenvalue weighted by atomic mass is 16.5. The molecule has 1 fully saturated rings. The molecule has 0 aliphatic carbocycles. The maximum Gasteiger partial charge on any atom is 0.124 e. The number of rotatable bonds is 2. The minimum Gasteiger partial charge on any atom is -0.381 e. The monoisotopic (exact) mass is 181 g/mol. The predicted octanol–water partition coefficient (Wildman–Crippen LogP) is 1.01. The first-order valence-electron chi connectivity index (χ1n) is 4.68. The molecule has 0 aromatic carbocycles. The van der Waals surface area contributed by atoms with Gasteiger partial charge in [0, 0.05) is 32.4 Å². The molecule has 1 aliphatic heterocycles. The molecule has 1 aromatic rings. The van der Waals surface area contributed by atoms with Gasteiger partial charge in [-0.2, -0.15) is 5.10 Å². The number of hydrogen-bond acceptors (Lipinski definition) is 3. The zero-order valence-corrected chi connectivity index (χ0v) is 7.86. The summed E-state index contributed by atoms with van der Waals surface area (Å²) in [7, 11) is 1.95. The highest BCUT2D eigenvalue weighted by molar-refractivity contribution is 5.34. The Morgan fingerprint density at radius 1 is 1.54 bits per heavy atom. The quantitative estimate of drug-likeness (QED) is 0.740. The van der Waals surface area contributed by atoms with E-state index in [2.05, 4.69) is 10.4 Å². The number of anilines is 1. The molecule has 4 heteroatoms. The second-order valence-electron chi connectivity index (χ2n) is 3.37.